The van der Waals surface area contributed by atoms with E-state index in [9.17, 15) is 19.8 Å². The number of rotatable bonds is 4. The van der Waals surface area contributed by atoms with Crippen molar-refractivity contribution in [3.8, 4) is 17.2 Å². The van der Waals surface area contributed by atoms with E-state index in [1.165, 1.54) is 17.0 Å². The second-order valence-corrected chi connectivity index (χ2v) is 7.18. The normalized spacial score (nSPS) is 18.1. The minimum atomic E-state index is -1.21. The summed E-state index contributed by atoms with van der Waals surface area (Å²) in [4.78, 5) is 30.6. The van der Waals surface area contributed by atoms with Crippen molar-refractivity contribution in [2.45, 2.75) is 6.92 Å². The number of aromatic carboxylic acids is 1. The fraction of sp³-hybridized carbons (Fsp3) is 0.150. The average molecular weight is 412 g/mol. The van der Waals surface area contributed by atoms with Crippen molar-refractivity contribution in [3.05, 3.63) is 52.4 Å². The standard InChI is InChI=1S/C20H16N2O6S/c1-2-22-18(24)17(8-11-3-6-15-16(7-11)28-10-27-15)29-20(22)21-14-5-4-12(23)9-13(14)19(25)26/h3-9,23H,2,10H2,1H3,(H,25,26)/b17-8-,21-20?. The number of hydrogen-bond acceptors (Lipinski definition) is 7. The highest BCUT2D eigenvalue weighted by molar-refractivity contribution is 8.18. The molecule has 0 radical (unpaired) electrons. The van der Waals surface area contributed by atoms with Crippen molar-refractivity contribution in [2.24, 2.45) is 4.99 Å². The summed E-state index contributed by atoms with van der Waals surface area (Å²) in [6, 6.07) is 9.28. The first-order valence-corrected chi connectivity index (χ1v) is 9.54. The number of nitrogens with zero attached hydrogens (tertiary/aromatic N) is 2. The summed E-state index contributed by atoms with van der Waals surface area (Å²) in [6.45, 7) is 2.36. The number of carboxylic acids is 1. The van der Waals surface area contributed by atoms with Gasteiger partial charge in [0.15, 0.2) is 16.7 Å². The minimum absolute atomic E-state index is 0.144. The van der Waals surface area contributed by atoms with Crippen LogP contribution in [0.1, 0.15) is 22.8 Å². The van der Waals surface area contributed by atoms with Gasteiger partial charge in [-0.05, 0) is 60.7 Å². The summed E-state index contributed by atoms with van der Waals surface area (Å²) >= 11 is 1.16. The number of aromatic hydroxyl groups is 1. The van der Waals surface area contributed by atoms with Gasteiger partial charge in [0, 0.05) is 6.54 Å². The van der Waals surface area contributed by atoms with E-state index in [0.29, 0.717) is 28.1 Å². The van der Waals surface area contributed by atoms with Crippen LogP contribution < -0.4 is 9.47 Å². The molecule has 2 heterocycles. The van der Waals surface area contributed by atoms with Crippen molar-refractivity contribution < 1.29 is 29.3 Å². The molecule has 0 saturated carbocycles. The van der Waals surface area contributed by atoms with E-state index in [1.807, 2.05) is 13.0 Å². The topological polar surface area (TPSA) is 109 Å². The quantitative estimate of drug-likeness (QED) is 0.741. The first-order valence-electron chi connectivity index (χ1n) is 8.72. The summed E-state index contributed by atoms with van der Waals surface area (Å²) in [6.07, 6.45) is 1.73. The number of amidine groups is 1. The second kappa shape index (κ2) is 7.51. The Labute approximate surface area is 170 Å². The van der Waals surface area contributed by atoms with E-state index >= 15 is 0 Å². The van der Waals surface area contributed by atoms with Gasteiger partial charge < -0.3 is 19.7 Å². The number of hydrogen-bond donors (Lipinski definition) is 2. The lowest BCUT2D eigenvalue weighted by molar-refractivity contribution is -0.122. The first-order chi connectivity index (χ1) is 14.0. The molecule has 2 aromatic carbocycles. The monoisotopic (exact) mass is 412 g/mol. The molecule has 0 spiro atoms. The maximum atomic E-state index is 12.8. The number of carbonyl (C=O) groups excluding carboxylic acids is 1. The zero-order valence-electron chi connectivity index (χ0n) is 15.3. The summed E-state index contributed by atoms with van der Waals surface area (Å²) in [7, 11) is 0. The molecular weight excluding hydrogens is 396 g/mol. The van der Waals surface area contributed by atoms with Crippen molar-refractivity contribution in [2.75, 3.05) is 13.3 Å². The van der Waals surface area contributed by atoms with Crippen LogP contribution in [0, 0.1) is 0 Å². The van der Waals surface area contributed by atoms with Crippen LogP contribution in [-0.2, 0) is 4.79 Å². The van der Waals surface area contributed by atoms with Crippen LogP contribution in [-0.4, -0.2) is 45.5 Å². The van der Waals surface area contributed by atoms with E-state index < -0.39 is 5.97 Å². The Bertz CT molecular complexity index is 1080. The lowest BCUT2D eigenvalue weighted by Crippen LogP contribution is -2.28. The van der Waals surface area contributed by atoms with Crippen molar-refractivity contribution in [1.82, 2.24) is 4.90 Å². The van der Waals surface area contributed by atoms with Crippen LogP contribution in [0.15, 0.2) is 46.3 Å². The number of carboxylic acid groups (broad SMARTS) is 1. The summed E-state index contributed by atoms with van der Waals surface area (Å²) < 4.78 is 10.7. The maximum absolute atomic E-state index is 12.8. The van der Waals surface area contributed by atoms with E-state index in [0.717, 1.165) is 23.4 Å². The predicted octanol–water partition coefficient (Wildman–Crippen LogP) is 3.44. The largest absolute Gasteiger partial charge is 0.508 e. The number of aliphatic imine (C=N–C) groups is 1. The maximum Gasteiger partial charge on any atom is 0.338 e. The molecule has 0 atom stereocenters. The fourth-order valence-electron chi connectivity index (χ4n) is 2.92. The van der Waals surface area contributed by atoms with E-state index in [4.69, 9.17) is 9.47 Å². The van der Waals surface area contributed by atoms with E-state index in [1.54, 1.807) is 18.2 Å². The van der Waals surface area contributed by atoms with E-state index in [-0.39, 0.29) is 29.7 Å². The molecule has 148 valence electrons. The first kappa shape index (κ1) is 18.9. The number of amides is 1. The van der Waals surface area contributed by atoms with Crippen molar-refractivity contribution in [3.63, 3.8) is 0 Å². The molecule has 2 aliphatic heterocycles. The van der Waals surface area contributed by atoms with Gasteiger partial charge in [-0.1, -0.05) is 6.07 Å². The highest BCUT2D eigenvalue weighted by Crippen LogP contribution is 2.37. The lowest BCUT2D eigenvalue weighted by atomic mass is 10.2. The number of carbonyl (C=O) groups is 2. The molecule has 0 aliphatic carbocycles. The van der Waals surface area contributed by atoms with Crippen molar-refractivity contribution >= 4 is 40.6 Å². The molecule has 1 amide bonds. The Morgan fingerprint density at radius 1 is 1.24 bits per heavy atom. The van der Waals surface area contributed by atoms with Crippen LogP contribution in [0.2, 0.25) is 0 Å². The van der Waals surface area contributed by atoms with Crippen LogP contribution in [0.25, 0.3) is 6.08 Å². The predicted molar refractivity (Wildman–Crippen MR) is 108 cm³/mol. The molecule has 9 heteroatoms. The molecule has 2 N–H and O–H groups in total. The lowest BCUT2D eigenvalue weighted by Gasteiger charge is -2.12. The highest BCUT2D eigenvalue weighted by Gasteiger charge is 2.32. The van der Waals surface area contributed by atoms with Crippen molar-refractivity contribution in [1.29, 1.82) is 0 Å². The molecule has 29 heavy (non-hydrogen) atoms. The van der Waals surface area contributed by atoms with Gasteiger partial charge in [-0.25, -0.2) is 9.79 Å². The minimum Gasteiger partial charge on any atom is -0.508 e. The third-order valence-corrected chi connectivity index (χ3v) is 5.33. The van der Waals surface area contributed by atoms with E-state index in [2.05, 4.69) is 4.99 Å². The Morgan fingerprint density at radius 3 is 2.79 bits per heavy atom. The zero-order valence-corrected chi connectivity index (χ0v) is 16.1. The number of thioether (sulfide) groups is 1. The van der Waals surface area contributed by atoms with Gasteiger partial charge in [-0.15, -0.1) is 0 Å². The molecule has 0 aromatic heterocycles. The van der Waals surface area contributed by atoms with Crippen LogP contribution in [0.3, 0.4) is 0 Å². The molecule has 1 saturated heterocycles. The van der Waals surface area contributed by atoms with Gasteiger partial charge in [0.25, 0.3) is 5.91 Å². The third-order valence-electron chi connectivity index (χ3n) is 4.33. The van der Waals surface area contributed by atoms with Crippen LogP contribution in [0.4, 0.5) is 5.69 Å². The molecule has 8 nitrogen and oxygen atoms in total. The molecule has 1 fully saturated rings. The molecule has 0 bridgehead atoms. The van der Waals surface area contributed by atoms with Gasteiger partial charge in [0.05, 0.1) is 16.2 Å². The summed E-state index contributed by atoms with van der Waals surface area (Å²) in [5.41, 5.74) is 0.793. The number of fused-ring (bicyclic) bond motifs is 1. The number of phenolic OH excluding ortho intramolecular Hbond substituents is 1. The third kappa shape index (κ3) is 3.64. The molecule has 2 aliphatic rings. The van der Waals surface area contributed by atoms with Crippen LogP contribution >= 0.6 is 11.8 Å². The number of likely N-dealkylation sites (N-methyl/N-ethyl adjacent to an activating group) is 1. The summed E-state index contributed by atoms with van der Waals surface area (Å²) in [5, 5.41) is 19.3. The molecule has 0 unspecified atom stereocenters. The SMILES string of the molecule is CCN1C(=O)/C(=C/c2ccc3c(c2)OCO3)SC1=Nc1ccc(O)cc1C(=O)O. The van der Waals surface area contributed by atoms with Gasteiger partial charge in [0.2, 0.25) is 6.79 Å². The smallest absolute Gasteiger partial charge is 0.338 e. The van der Waals surface area contributed by atoms with Crippen LogP contribution in [0.5, 0.6) is 17.2 Å². The van der Waals surface area contributed by atoms with Gasteiger partial charge in [-0.3, -0.25) is 9.69 Å². The second-order valence-electron chi connectivity index (χ2n) is 6.17. The molecule has 2 aromatic rings. The Balaban J connectivity index is 1.69. The highest BCUT2D eigenvalue weighted by atomic mass is 32.2. The molecule has 4 rings (SSSR count). The summed E-state index contributed by atoms with van der Waals surface area (Å²) in [5.74, 6) is -0.328. The average Bonchev–Trinajstić information content (AvgIpc) is 3.27. The Morgan fingerprint density at radius 2 is 2.03 bits per heavy atom. The van der Waals surface area contributed by atoms with Gasteiger partial charge in [-0.2, -0.15) is 0 Å². The van der Waals surface area contributed by atoms with Gasteiger partial charge >= 0.3 is 5.97 Å². The number of phenols is 1. The fourth-order valence-corrected chi connectivity index (χ4v) is 3.98. The molecular formula is C20H16N2O6S. The number of benzene rings is 2. The Hall–Kier alpha value is -3.46. The zero-order chi connectivity index (χ0) is 20.5. The number of ether oxygens (including phenoxy) is 2. The Kier molecular flexibility index (Phi) is 4.89. The van der Waals surface area contributed by atoms with Gasteiger partial charge in [0.1, 0.15) is 5.75 Å².